The quantitative estimate of drug-likeness (QED) is 0.566. The van der Waals surface area contributed by atoms with Crippen molar-refractivity contribution >= 4 is 32.4 Å². The average molecular weight is 382 g/mol. The topological polar surface area (TPSA) is 104 Å². The van der Waals surface area contributed by atoms with Crippen molar-refractivity contribution in [2.75, 3.05) is 11.5 Å². The molecule has 0 fully saturated rings. The van der Waals surface area contributed by atoms with Gasteiger partial charge in [0.15, 0.2) is 0 Å². The van der Waals surface area contributed by atoms with Crippen molar-refractivity contribution in [3.05, 3.63) is 72.8 Å². The Morgan fingerprint density at radius 1 is 1.00 bits per heavy atom. The minimum atomic E-state index is -3.91. The minimum absolute atomic E-state index is 0.104. The molecule has 0 saturated heterocycles. The van der Waals surface area contributed by atoms with Gasteiger partial charge in [-0.2, -0.15) is 0 Å². The van der Waals surface area contributed by atoms with Gasteiger partial charge in [-0.25, -0.2) is 21.8 Å². The summed E-state index contributed by atoms with van der Waals surface area (Å²) in [5.74, 6) is -0.350. The molecule has 0 saturated carbocycles. The Morgan fingerprint density at radius 3 is 2.44 bits per heavy atom. The van der Waals surface area contributed by atoms with Crippen molar-refractivity contribution in [1.29, 1.82) is 0 Å². The molecule has 6 nitrogen and oxygen atoms in total. The summed E-state index contributed by atoms with van der Waals surface area (Å²) in [6.07, 6.45) is 2.95. The lowest BCUT2D eigenvalue weighted by atomic mass is 10.1. The number of aromatic nitrogens is 2. The van der Waals surface area contributed by atoms with Crippen molar-refractivity contribution in [3.8, 4) is 11.1 Å². The first-order valence-corrected chi connectivity index (χ1v) is 9.44. The van der Waals surface area contributed by atoms with E-state index in [1.54, 1.807) is 24.3 Å². The zero-order valence-electron chi connectivity index (χ0n) is 14.0. The average Bonchev–Trinajstić information content (AvgIpc) is 3.04. The van der Waals surface area contributed by atoms with E-state index in [0.717, 1.165) is 3.97 Å². The number of fused-ring (bicyclic) bond motifs is 1. The number of nitrogens with two attached hydrogens (primary N) is 2. The Kier molecular flexibility index (Phi) is 3.85. The van der Waals surface area contributed by atoms with Crippen LogP contribution in [0.25, 0.3) is 22.0 Å². The summed E-state index contributed by atoms with van der Waals surface area (Å²) in [6, 6.07) is 13.6. The van der Waals surface area contributed by atoms with Crippen molar-refractivity contribution < 1.29 is 12.8 Å². The highest BCUT2D eigenvalue weighted by molar-refractivity contribution is 7.90. The van der Waals surface area contributed by atoms with Crippen LogP contribution in [0, 0.1) is 5.82 Å². The van der Waals surface area contributed by atoms with Gasteiger partial charge in [0.1, 0.15) is 11.6 Å². The van der Waals surface area contributed by atoms with Crippen molar-refractivity contribution in [2.45, 2.75) is 4.90 Å². The molecule has 8 heteroatoms. The monoisotopic (exact) mass is 382 g/mol. The molecule has 136 valence electrons. The van der Waals surface area contributed by atoms with Gasteiger partial charge in [-0.1, -0.05) is 18.2 Å². The number of hydrogen-bond donors (Lipinski definition) is 2. The second-order valence-electron chi connectivity index (χ2n) is 6.02. The summed E-state index contributed by atoms with van der Waals surface area (Å²) < 4.78 is 41.2. The lowest BCUT2D eigenvalue weighted by Gasteiger charge is -2.07. The fourth-order valence-corrected chi connectivity index (χ4v) is 4.33. The number of benzene rings is 2. The molecule has 0 unspecified atom stereocenters. The van der Waals surface area contributed by atoms with E-state index in [0.29, 0.717) is 16.5 Å². The van der Waals surface area contributed by atoms with Gasteiger partial charge in [-0.05, 0) is 36.4 Å². The molecule has 4 N–H and O–H groups in total. The van der Waals surface area contributed by atoms with Crippen LogP contribution < -0.4 is 11.5 Å². The minimum Gasteiger partial charge on any atom is -0.396 e. The van der Waals surface area contributed by atoms with Gasteiger partial charge in [0, 0.05) is 28.9 Å². The van der Waals surface area contributed by atoms with E-state index < -0.39 is 15.8 Å². The number of halogens is 1. The number of hydrogen-bond acceptors (Lipinski definition) is 5. The third-order valence-electron chi connectivity index (χ3n) is 4.29. The van der Waals surface area contributed by atoms with E-state index in [1.807, 2.05) is 0 Å². The summed E-state index contributed by atoms with van der Waals surface area (Å²) in [4.78, 5) is 4.13. The maximum absolute atomic E-state index is 13.9. The molecule has 2 aromatic heterocycles. The number of nitrogens with zero attached hydrogens (tertiary/aromatic N) is 2. The zero-order valence-corrected chi connectivity index (χ0v) is 14.8. The SMILES string of the molecule is Nc1cc(-c2cn(S(=O)(=O)c3ccccc3)c3cc(F)ccc23)cnc1N. The summed E-state index contributed by atoms with van der Waals surface area (Å²) in [5, 5.41) is 0.557. The molecule has 0 aliphatic heterocycles. The first-order valence-electron chi connectivity index (χ1n) is 8.00. The molecule has 27 heavy (non-hydrogen) atoms. The van der Waals surface area contributed by atoms with Crippen molar-refractivity contribution in [1.82, 2.24) is 8.96 Å². The maximum Gasteiger partial charge on any atom is 0.268 e. The van der Waals surface area contributed by atoms with Gasteiger partial charge in [-0.3, -0.25) is 0 Å². The van der Waals surface area contributed by atoms with Gasteiger partial charge in [0.05, 0.1) is 16.1 Å². The number of anilines is 2. The standard InChI is InChI=1S/C19H15FN4O2S/c20-13-6-7-15-16(12-8-17(21)19(22)23-10-12)11-24(18(15)9-13)27(25,26)14-4-2-1-3-5-14/h1-11H,21H2,(H2,22,23). The molecule has 0 aliphatic rings. The van der Waals surface area contributed by atoms with Gasteiger partial charge in [0.25, 0.3) is 10.0 Å². The molecular formula is C19H15FN4O2S. The van der Waals surface area contributed by atoms with Crippen molar-refractivity contribution in [2.24, 2.45) is 0 Å². The van der Waals surface area contributed by atoms with Gasteiger partial charge >= 0.3 is 0 Å². The third-order valence-corrected chi connectivity index (χ3v) is 5.98. The summed E-state index contributed by atoms with van der Waals surface area (Å²) in [7, 11) is -3.91. The Hall–Kier alpha value is -3.39. The van der Waals surface area contributed by atoms with Crippen LogP contribution in [0.2, 0.25) is 0 Å². The molecule has 0 bridgehead atoms. The van der Waals surface area contributed by atoms with E-state index >= 15 is 0 Å². The molecule has 4 rings (SSSR count). The van der Waals surface area contributed by atoms with Gasteiger partial charge in [-0.15, -0.1) is 0 Å². The van der Waals surface area contributed by atoms with Crippen molar-refractivity contribution in [3.63, 3.8) is 0 Å². The van der Waals surface area contributed by atoms with Gasteiger partial charge in [0.2, 0.25) is 0 Å². The molecule has 0 spiro atoms. The van der Waals surface area contributed by atoms with Crippen LogP contribution in [-0.2, 0) is 10.0 Å². The highest BCUT2D eigenvalue weighted by Gasteiger charge is 2.22. The van der Waals surface area contributed by atoms with E-state index in [4.69, 9.17) is 11.5 Å². The third kappa shape index (κ3) is 2.80. The summed E-state index contributed by atoms with van der Waals surface area (Å²) in [6.45, 7) is 0. The lowest BCUT2D eigenvalue weighted by molar-refractivity contribution is 0.589. The van der Waals surface area contributed by atoms with E-state index in [1.165, 1.54) is 42.7 Å². The Bertz CT molecular complexity index is 1270. The Labute approximate surface area is 154 Å². The predicted molar refractivity (Wildman–Crippen MR) is 103 cm³/mol. The fourth-order valence-electron chi connectivity index (χ4n) is 2.95. The highest BCUT2D eigenvalue weighted by Crippen LogP contribution is 2.34. The smallest absolute Gasteiger partial charge is 0.268 e. The maximum atomic E-state index is 13.9. The molecular weight excluding hydrogens is 367 g/mol. The van der Waals surface area contributed by atoms with Crippen LogP contribution in [0.3, 0.4) is 0 Å². The molecule has 0 aliphatic carbocycles. The predicted octanol–water partition coefficient (Wildman–Crippen LogP) is 3.24. The first-order chi connectivity index (χ1) is 12.9. The molecule has 0 atom stereocenters. The van der Waals surface area contributed by atoms with E-state index in [9.17, 15) is 12.8 Å². The van der Waals surface area contributed by atoms with E-state index in [-0.39, 0.29) is 21.9 Å². The lowest BCUT2D eigenvalue weighted by Crippen LogP contribution is -2.11. The van der Waals surface area contributed by atoms with Crippen LogP contribution in [0.15, 0.2) is 71.9 Å². The highest BCUT2D eigenvalue weighted by atomic mass is 32.2. The molecule has 0 amide bonds. The Morgan fingerprint density at radius 2 is 1.74 bits per heavy atom. The van der Waals surface area contributed by atoms with E-state index in [2.05, 4.69) is 4.98 Å². The molecule has 2 aromatic carbocycles. The number of rotatable bonds is 3. The summed E-state index contributed by atoms with van der Waals surface area (Å²) >= 11 is 0. The largest absolute Gasteiger partial charge is 0.396 e. The van der Waals surface area contributed by atoms with Crippen LogP contribution >= 0.6 is 0 Å². The number of nitrogen functional groups attached to an aromatic ring is 2. The van der Waals surface area contributed by atoms with Crippen LogP contribution in [0.1, 0.15) is 0 Å². The molecule has 4 aromatic rings. The first kappa shape index (κ1) is 17.0. The second kappa shape index (κ2) is 6.10. The Balaban J connectivity index is 2.03. The van der Waals surface area contributed by atoms with Crippen LogP contribution in [-0.4, -0.2) is 17.4 Å². The molecule has 0 radical (unpaired) electrons. The van der Waals surface area contributed by atoms with Crippen LogP contribution in [0.5, 0.6) is 0 Å². The molecule has 2 heterocycles. The zero-order chi connectivity index (χ0) is 19.2. The second-order valence-corrected chi connectivity index (χ2v) is 7.83. The van der Waals surface area contributed by atoms with Gasteiger partial charge < -0.3 is 11.5 Å². The fraction of sp³-hybridized carbons (Fsp3) is 0. The summed E-state index contributed by atoms with van der Waals surface area (Å²) in [5.41, 5.74) is 13.1. The van der Waals surface area contributed by atoms with Crippen LogP contribution in [0.4, 0.5) is 15.9 Å². The number of pyridine rings is 1. The normalized spacial score (nSPS) is 11.7.